The van der Waals surface area contributed by atoms with E-state index in [-0.39, 0.29) is 17.9 Å². The number of carbonyl (C=O) groups excluding carboxylic acids is 2. The van der Waals surface area contributed by atoms with Crippen molar-refractivity contribution < 1.29 is 14.3 Å². The molecule has 5 heteroatoms. The number of aryl methyl sites for hydroxylation is 1. The summed E-state index contributed by atoms with van der Waals surface area (Å²) in [6, 6.07) is 0.107. The number of ether oxygens (including phenoxy) is 1. The third-order valence-electron chi connectivity index (χ3n) is 3.94. The molecule has 23 heavy (non-hydrogen) atoms. The number of carbonyl (C=O) groups is 2. The fourth-order valence-electron chi connectivity index (χ4n) is 2.69. The van der Waals surface area contributed by atoms with Crippen molar-refractivity contribution in [2.24, 2.45) is 5.92 Å². The lowest BCUT2D eigenvalue weighted by molar-refractivity contribution is 0.0525. The van der Waals surface area contributed by atoms with Crippen LogP contribution < -0.4 is 5.32 Å². The van der Waals surface area contributed by atoms with E-state index in [1.54, 1.807) is 20.8 Å². The monoisotopic (exact) mass is 322 g/mol. The molecule has 0 aliphatic heterocycles. The van der Waals surface area contributed by atoms with Crippen LogP contribution in [-0.2, 0) is 4.74 Å². The molecule has 1 heterocycles. The minimum Gasteiger partial charge on any atom is -0.462 e. The van der Waals surface area contributed by atoms with Crippen LogP contribution in [0.3, 0.4) is 0 Å². The molecular formula is C18H30N2O3. The molecule has 0 saturated heterocycles. The van der Waals surface area contributed by atoms with Gasteiger partial charge in [0.05, 0.1) is 12.2 Å². The maximum absolute atomic E-state index is 12.4. The first-order chi connectivity index (χ1) is 10.8. The fraction of sp³-hybridized carbons (Fsp3) is 0.667. The molecule has 1 unspecified atom stereocenters. The Kier molecular flexibility index (Phi) is 7.33. The quantitative estimate of drug-likeness (QED) is 0.716. The number of nitrogens with one attached hydrogen (secondary N) is 2. The summed E-state index contributed by atoms with van der Waals surface area (Å²) >= 11 is 0. The van der Waals surface area contributed by atoms with Gasteiger partial charge in [-0.2, -0.15) is 0 Å². The van der Waals surface area contributed by atoms with Crippen molar-refractivity contribution in [2.45, 2.75) is 66.8 Å². The summed E-state index contributed by atoms with van der Waals surface area (Å²) < 4.78 is 5.05. The predicted molar refractivity (Wildman–Crippen MR) is 91.8 cm³/mol. The van der Waals surface area contributed by atoms with Gasteiger partial charge >= 0.3 is 5.97 Å². The topological polar surface area (TPSA) is 71.2 Å². The zero-order valence-electron chi connectivity index (χ0n) is 15.2. The molecule has 0 fully saturated rings. The van der Waals surface area contributed by atoms with Gasteiger partial charge in [-0.3, -0.25) is 4.79 Å². The molecule has 0 radical (unpaired) electrons. The Morgan fingerprint density at radius 3 is 2.39 bits per heavy atom. The van der Waals surface area contributed by atoms with Crippen molar-refractivity contribution in [3.8, 4) is 0 Å². The molecule has 1 amide bonds. The van der Waals surface area contributed by atoms with E-state index in [4.69, 9.17) is 4.74 Å². The molecule has 1 atom stereocenters. The molecule has 1 rings (SSSR count). The number of amides is 1. The van der Waals surface area contributed by atoms with Gasteiger partial charge in [-0.1, -0.05) is 26.7 Å². The van der Waals surface area contributed by atoms with Gasteiger partial charge in [0.2, 0.25) is 0 Å². The van der Waals surface area contributed by atoms with Crippen LogP contribution in [0.25, 0.3) is 0 Å². The highest BCUT2D eigenvalue weighted by Crippen LogP contribution is 2.19. The summed E-state index contributed by atoms with van der Waals surface area (Å²) in [7, 11) is 0. The van der Waals surface area contributed by atoms with Crippen LogP contribution in [0.1, 0.15) is 79.1 Å². The Labute approximate surface area is 139 Å². The number of aromatic amines is 1. The summed E-state index contributed by atoms with van der Waals surface area (Å²) in [5.74, 6) is 0.124. The molecule has 5 nitrogen and oxygen atoms in total. The first-order valence-electron chi connectivity index (χ1n) is 8.45. The highest BCUT2D eigenvalue weighted by molar-refractivity contribution is 6.00. The minimum atomic E-state index is -0.386. The first kappa shape index (κ1) is 19.3. The molecule has 0 aromatic carbocycles. The lowest BCUT2D eigenvalue weighted by Gasteiger charge is -2.14. The average molecular weight is 322 g/mol. The normalized spacial score (nSPS) is 12.3. The van der Waals surface area contributed by atoms with Crippen molar-refractivity contribution in [3.05, 3.63) is 22.5 Å². The van der Waals surface area contributed by atoms with Crippen molar-refractivity contribution in [2.75, 3.05) is 6.61 Å². The van der Waals surface area contributed by atoms with Crippen molar-refractivity contribution in [3.63, 3.8) is 0 Å². The van der Waals surface area contributed by atoms with E-state index in [0.29, 0.717) is 35.0 Å². The van der Waals surface area contributed by atoms with E-state index in [2.05, 4.69) is 24.1 Å². The SMILES string of the molecule is CCOC(=O)c1c(C)[nH]c(C(=O)NC(C)CCCC(C)C)c1C. The molecule has 0 bridgehead atoms. The molecule has 1 aromatic rings. The molecule has 1 aromatic heterocycles. The minimum absolute atomic E-state index is 0.107. The summed E-state index contributed by atoms with van der Waals surface area (Å²) in [6.45, 7) is 12.0. The van der Waals surface area contributed by atoms with Crippen LogP contribution in [0, 0.1) is 19.8 Å². The smallest absolute Gasteiger partial charge is 0.340 e. The van der Waals surface area contributed by atoms with Crippen LogP contribution in [0.5, 0.6) is 0 Å². The highest BCUT2D eigenvalue weighted by Gasteiger charge is 2.23. The summed E-state index contributed by atoms with van der Waals surface area (Å²) in [6.07, 6.45) is 3.21. The van der Waals surface area contributed by atoms with Gasteiger partial charge in [-0.15, -0.1) is 0 Å². The van der Waals surface area contributed by atoms with E-state index in [0.717, 1.165) is 19.3 Å². The van der Waals surface area contributed by atoms with Gasteiger partial charge in [0.1, 0.15) is 5.69 Å². The molecular weight excluding hydrogens is 292 g/mol. The number of hydrogen-bond donors (Lipinski definition) is 2. The summed E-state index contributed by atoms with van der Waals surface area (Å²) in [5.41, 5.74) is 2.22. The van der Waals surface area contributed by atoms with E-state index in [1.165, 1.54) is 0 Å². The molecule has 0 spiro atoms. The summed E-state index contributed by atoms with van der Waals surface area (Å²) in [4.78, 5) is 27.4. The van der Waals surface area contributed by atoms with Gasteiger partial charge in [-0.25, -0.2) is 4.79 Å². The van der Waals surface area contributed by atoms with Crippen molar-refractivity contribution in [1.82, 2.24) is 10.3 Å². The maximum Gasteiger partial charge on any atom is 0.340 e. The lowest BCUT2D eigenvalue weighted by atomic mass is 10.0. The van der Waals surface area contributed by atoms with Crippen LogP contribution >= 0.6 is 0 Å². The van der Waals surface area contributed by atoms with E-state index < -0.39 is 0 Å². The summed E-state index contributed by atoms with van der Waals surface area (Å²) in [5, 5.41) is 3.00. The van der Waals surface area contributed by atoms with Gasteiger partial charge in [0.25, 0.3) is 5.91 Å². The second-order valence-corrected chi connectivity index (χ2v) is 6.54. The highest BCUT2D eigenvalue weighted by atomic mass is 16.5. The number of hydrogen-bond acceptors (Lipinski definition) is 3. The zero-order valence-corrected chi connectivity index (χ0v) is 15.2. The Morgan fingerprint density at radius 2 is 1.83 bits per heavy atom. The Morgan fingerprint density at radius 1 is 1.17 bits per heavy atom. The molecule has 0 aliphatic carbocycles. The van der Waals surface area contributed by atoms with Gasteiger partial charge in [0.15, 0.2) is 0 Å². The van der Waals surface area contributed by atoms with Gasteiger partial charge in [0, 0.05) is 11.7 Å². The Bertz CT molecular complexity index is 547. The Balaban J connectivity index is 2.73. The second-order valence-electron chi connectivity index (χ2n) is 6.54. The fourth-order valence-corrected chi connectivity index (χ4v) is 2.69. The average Bonchev–Trinajstić information content (AvgIpc) is 2.73. The van der Waals surface area contributed by atoms with Crippen LogP contribution in [0.2, 0.25) is 0 Å². The third kappa shape index (κ3) is 5.41. The van der Waals surface area contributed by atoms with Gasteiger partial charge < -0.3 is 15.0 Å². The standard InChI is InChI=1S/C18H30N2O3/c1-7-23-18(22)15-13(5)16(20-14(15)6)17(21)19-12(4)10-8-9-11(2)3/h11-12,20H,7-10H2,1-6H3,(H,19,21). The van der Waals surface area contributed by atoms with E-state index >= 15 is 0 Å². The van der Waals surface area contributed by atoms with E-state index in [1.807, 2.05) is 6.92 Å². The second kappa shape index (κ2) is 8.75. The largest absolute Gasteiger partial charge is 0.462 e. The van der Waals surface area contributed by atoms with E-state index in [9.17, 15) is 9.59 Å². The van der Waals surface area contributed by atoms with Crippen LogP contribution in [0.4, 0.5) is 0 Å². The molecule has 0 aliphatic rings. The zero-order chi connectivity index (χ0) is 17.6. The van der Waals surface area contributed by atoms with Gasteiger partial charge in [-0.05, 0) is 45.6 Å². The lowest BCUT2D eigenvalue weighted by Crippen LogP contribution is -2.33. The molecule has 0 saturated carbocycles. The molecule has 2 N–H and O–H groups in total. The predicted octanol–water partition coefficient (Wildman–Crippen LogP) is 3.75. The molecule has 130 valence electrons. The van der Waals surface area contributed by atoms with Crippen LogP contribution in [-0.4, -0.2) is 29.5 Å². The number of aromatic nitrogens is 1. The number of rotatable bonds is 8. The first-order valence-corrected chi connectivity index (χ1v) is 8.45. The maximum atomic E-state index is 12.4. The Hall–Kier alpha value is -1.78. The number of esters is 1. The van der Waals surface area contributed by atoms with Crippen LogP contribution in [0.15, 0.2) is 0 Å². The van der Waals surface area contributed by atoms with Crippen molar-refractivity contribution in [1.29, 1.82) is 0 Å². The third-order valence-corrected chi connectivity index (χ3v) is 3.94. The number of H-pyrrole nitrogens is 1. The van der Waals surface area contributed by atoms with Crippen molar-refractivity contribution >= 4 is 11.9 Å².